The Labute approximate surface area is 136 Å². The zero-order chi connectivity index (χ0) is 16.5. The van der Waals surface area contributed by atoms with Crippen molar-refractivity contribution in [1.82, 2.24) is 0 Å². The molecule has 0 saturated carbocycles. The van der Waals surface area contributed by atoms with Crippen LogP contribution in [0.1, 0.15) is 55.9 Å². The quantitative estimate of drug-likeness (QED) is 0.555. The lowest BCUT2D eigenvalue weighted by Gasteiger charge is -2.12. The third kappa shape index (κ3) is 6.19. The molecule has 2 rings (SSSR count). The molecule has 116 valence electrons. The van der Waals surface area contributed by atoms with Gasteiger partial charge in [0.1, 0.15) is 0 Å². The first kappa shape index (κ1) is 18.1. The fraction of sp³-hybridized carbons (Fsp3) is 0.364. The van der Waals surface area contributed by atoms with E-state index in [0.29, 0.717) is 11.8 Å². The smallest absolute Gasteiger partial charge is 0.0245 e. The molecule has 0 heterocycles. The molecule has 0 amide bonds. The van der Waals surface area contributed by atoms with Crippen LogP contribution in [0, 0.1) is 31.6 Å². The maximum atomic E-state index is 3.11. The predicted molar refractivity (Wildman–Crippen MR) is 98.2 cm³/mol. The molecule has 0 bridgehead atoms. The highest BCUT2D eigenvalue weighted by Crippen LogP contribution is 2.22. The minimum atomic E-state index is 0.454. The zero-order valence-corrected chi connectivity index (χ0v) is 14.8. The second-order valence-corrected chi connectivity index (χ2v) is 6.25. The molecule has 0 aliphatic heterocycles. The molecule has 0 spiro atoms. The highest BCUT2D eigenvalue weighted by atomic mass is 14.1. The topological polar surface area (TPSA) is 0 Å². The van der Waals surface area contributed by atoms with Crippen LogP contribution in [0.15, 0.2) is 48.5 Å². The van der Waals surface area contributed by atoms with Crippen LogP contribution in [0.3, 0.4) is 0 Å². The molecule has 0 heteroatoms. The zero-order valence-electron chi connectivity index (χ0n) is 14.8. The summed E-state index contributed by atoms with van der Waals surface area (Å²) in [6, 6.07) is 16.5. The summed E-state index contributed by atoms with van der Waals surface area (Å²) in [5.74, 6) is 7.31. The van der Waals surface area contributed by atoms with Crippen LogP contribution in [0.5, 0.6) is 0 Å². The molecule has 2 aromatic carbocycles. The number of aryl methyl sites for hydroxylation is 2. The van der Waals surface area contributed by atoms with Crippen LogP contribution in [-0.4, -0.2) is 0 Å². The molecule has 22 heavy (non-hydrogen) atoms. The molecule has 0 aliphatic carbocycles. The lowest BCUT2D eigenvalue weighted by molar-refractivity contribution is 0.846. The van der Waals surface area contributed by atoms with Crippen molar-refractivity contribution in [1.29, 1.82) is 0 Å². The van der Waals surface area contributed by atoms with E-state index in [1.807, 2.05) is 30.3 Å². The maximum absolute atomic E-state index is 3.11. The molecule has 0 fully saturated rings. The second kappa shape index (κ2) is 9.11. The molecular weight excluding hydrogens is 264 g/mol. The summed E-state index contributed by atoms with van der Waals surface area (Å²) in [6.45, 7) is 13.0. The highest BCUT2D eigenvalue weighted by molar-refractivity contribution is 5.35. The van der Waals surface area contributed by atoms with E-state index in [4.69, 9.17) is 0 Å². The Morgan fingerprint density at radius 1 is 0.727 bits per heavy atom. The fourth-order valence-corrected chi connectivity index (χ4v) is 2.49. The van der Waals surface area contributed by atoms with E-state index in [9.17, 15) is 0 Å². The summed E-state index contributed by atoms with van der Waals surface area (Å²) in [5.41, 5.74) is 5.44. The van der Waals surface area contributed by atoms with Gasteiger partial charge in [-0.05, 0) is 48.6 Å². The molecule has 0 nitrogen and oxygen atoms in total. The van der Waals surface area contributed by atoms with Gasteiger partial charge in [0.2, 0.25) is 0 Å². The molecule has 0 aromatic heterocycles. The Kier molecular flexibility index (Phi) is 7.47. The van der Waals surface area contributed by atoms with Gasteiger partial charge in [0.25, 0.3) is 0 Å². The largest absolute Gasteiger partial charge is 0.0951 e. The molecule has 0 atom stereocenters. The molecule has 0 saturated heterocycles. The van der Waals surface area contributed by atoms with E-state index in [1.165, 1.54) is 16.7 Å². The Morgan fingerprint density at radius 3 is 1.68 bits per heavy atom. The summed E-state index contributed by atoms with van der Waals surface area (Å²) in [6.07, 6.45) is 0. The summed E-state index contributed by atoms with van der Waals surface area (Å²) in [4.78, 5) is 0. The van der Waals surface area contributed by atoms with Crippen LogP contribution in [0.2, 0.25) is 0 Å². The summed E-state index contributed by atoms with van der Waals surface area (Å²) in [7, 11) is 0. The van der Waals surface area contributed by atoms with Gasteiger partial charge >= 0.3 is 0 Å². The Balaban J connectivity index is 0.000000220. The molecule has 0 aliphatic rings. The standard InChI is InChI=1S/C11H16.C11H12/c1-8(2)11-9(3)6-5-7-10(11)4;1-10(2)8-9-11-6-4-3-5-7-11/h5-8H,1-4H3;3-7,10H,1-2H3. The first-order chi connectivity index (χ1) is 10.4. The second-order valence-electron chi connectivity index (χ2n) is 6.25. The van der Waals surface area contributed by atoms with Crippen LogP contribution < -0.4 is 0 Å². The van der Waals surface area contributed by atoms with Crippen molar-refractivity contribution in [2.75, 3.05) is 0 Å². The van der Waals surface area contributed by atoms with Gasteiger partial charge in [0, 0.05) is 11.5 Å². The predicted octanol–water partition coefficient (Wildman–Crippen LogP) is 6.12. The van der Waals surface area contributed by atoms with Crippen molar-refractivity contribution in [3.63, 3.8) is 0 Å². The number of rotatable bonds is 1. The average molecular weight is 292 g/mol. The molecular formula is C22H28. The minimum absolute atomic E-state index is 0.454. The van der Waals surface area contributed by atoms with Crippen molar-refractivity contribution in [2.24, 2.45) is 5.92 Å². The van der Waals surface area contributed by atoms with Gasteiger partial charge in [-0.3, -0.25) is 0 Å². The van der Waals surface area contributed by atoms with Crippen LogP contribution in [-0.2, 0) is 0 Å². The van der Waals surface area contributed by atoms with E-state index >= 15 is 0 Å². The fourth-order valence-electron chi connectivity index (χ4n) is 2.49. The maximum Gasteiger partial charge on any atom is 0.0245 e. The van der Waals surface area contributed by atoms with E-state index in [1.54, 1.807) is 0 Å². The molecule has 2 aromatic rings. The van der Waals surface area contributed by atoms with E-state index < -0.39 is 0 Å². The summed E-state index contributed by atoms with van der Waals surface area (Å²) < 4.78 is 0. The number of hydrogen-bond donors (Lipinski definition) is 0. The molecule has 0 N–H and O–H groups in total. The van der Waals surface area contributed by atoms with Crippen molar-refractivity contribution in [2.45, 2.75) is 47.5 Å². The Hall–Kier alpha value is -2.00. The molecule has 0 radical (unpaired) electrons. The van der Waals surface area contributed by atoms with Crippen molar-refractivity contribution in [3.8, 4) is 11.8 Å². The van der Waals surface area contributed by atoms with Gasteiger partial charge in [-0.25, -0.2) is 0 Å². The third-order valence-electron chi connectivity index (χ3n) is 3.40. The summed E-state index contributed by atoms with van der Waals surface area (Å²) in [5, 5.41) is 0. The minimum Gasteiger partial charge on any atom is -0.0951 e. The van der Waals surface area contributed by atoms with Crippen molar-refractivity contribution in [3.05, 3.63) is 70.8 Å². The normalized spacial score (nSPS) is 9.82. The average Bonchev–Trinajstić information content (AvgIpc) is 2.46. The summed E-state index contributed by atoms with van der Waals surface area (Å²) >= 11 is 0. The van der Waals surface area contributed by atoms with E-state index in [-0.39, 0.29) is 0 Å². The lowest BCUT2D eigenvalue weighted by Crippen LogP contribution is -1.94. The van der Waals surface area contributed by atoms with Crippen LogP contribution >= 0.6 is 0 Å². The van der Waals surface area contributed by atoms with Crippen LogP contribution in [0.25, 0.3) is 0 Å². The Bertz CT molecular complexity index is 602. The van der Waals surface area contributed by atoms with Crippen molar-refractivity contribution < 1.29 is 0 Å². The van der Waals surface area contributed by atoms with Gasteiger partial charge in [0.05, 0.1) is 0 Å². The third-order valence-corrected chi connectivity index (χ3v) is 3.40. The van der Waals surface area contributed by atoms with Crippen LogP contribution in [0.4, 0.5) is 0 Å². The molecule has 0 unspecified atom stereocenters. The first-order valence-corrected chi connectivity index (χ1v) is 8.04. The monoisotopic (exact) mass is 292 g/mol. The first-order valence-electron chi connectivity index (χ1n) is 8.04. The van der Waals surface area contributed by atoms with Gasteiger partial charge in [-0.2, -0.15) is 0 Å². The highest BCUT2D eigenvalue weighted by Gasteiger charge is 2.04. The lowest BCUT2D eigenvalue weighted by atomic mass is 9.94. The van der Waals surface area contributed by atoms with E-state index in [0.717, 1.165) is 5.56 Å². The van der Waals surface area contributed by atoms with Crippen molar-refractivity contribution >= 4 is 0 Å². The number of hydrogen-bond acceptors (Lipinski definition) is 0. The van der Waals surface area contributed by atoms with Gasteiger partial charge < -0.3 is 0 Å². The Morgan fingerprint density at radius 2 is 1.27 bits per heavy atom. The van der Waals surface area contributed by atoms with Gasteiger partial charge in [-0.15, -0.1) is 0 Å². The van der Waals surface area contributed by atoms with Gasteiger partial charge in [-0.1, -0.05) is 75.9 Å². The van der Waals surface area contributed by atoms with E-state index in [2.05, 4.69) is 71.6 Å². The SMILES string of the molecule is CC(C)C#Cc1ccccc1.Cc1cccc(C)c1C(C)C. The van der Waals surface area contributed by atoms with Gasteiger partial charge in [0.15, 0.2) is 0 Å². The number of benzene rings is 2.